The largest absolute Gasteiger partial charge is 0.497 e. The standard InChI is InChI=1S/C21H18F3N3OS/c1-13(14-7-8-16-12-17(28-2)10-9-15(16)11-14)26-27-20(29)25-19-6-4-3-5-18(19)21(22,23)24/h3-12H,1-2H3,(H2,25,27,29)/b26-13-. The molecule has 0 unspecified atom stereocenters. The molecule has 3 rings (SSSR count). The molecule has 0 fully saturated rings. The highest BCUT2D eigenvalue weighted by atomic mass is 32.1. The first-order chi connectivity index (χ1) is 13.8. The van der Waals surface area contributed by atoms with E-state index in [0.717, 1.165) is 28.2 Å². The van der Waals surface area contributed by atoms with Crippen LogP contribution in [-0.4, -0.2) is 17.9 Å². The van der Waals surface area contributed by atoms with E-state index < -0.39 is 11.7 Å². The number of hydrogen-bond acceptors (Lipinski definition) is 3. The molecule has 150 valence electrons. The van der Waals surface area contributed by atoms with Gasteiger partial charge in [0, 0.05) is 0 Å². The summed E-state index contributed by atoms with van der Waals surface area (Å²) in [6.45, 7) is 1.78. The van der Waals surface area contributed by atoms with Crippen molar-refractivity contribution in [3.05, 3.63) is 71.8 Å². The number of para-hydroxylation sites is 1. The molecule has 8 heteroatoms. The van der Waals surface area contributed by atoms with Crippen LogP contribution in [0, 0.1) is 0 Å². The summed E-state index contributed by atoms with van der Waals surface area (Å²) in [5.41, 5.74) is 3.15. The average Bonchev–Trinajstić information content (AvgIpc) is 2.70. The van der Waals surface area contributed by atoms with Crippen LogP contribution in [0.5, 0.6) is 5.75 Å². The minimum atomic E-state index is -4.48. The summed E-state index contributed by atoms with van der Waals surface area (Å²) in [7, 11) is 1.61. The van der Waals surface area contributed by atoms with Crippen LogP contribution in [0.25, 0.3) is 10.8 Å². The number of nitrogens with zero attached hydrogens (tertiary/aromatic N) is 1. The number of benzene rings is 3. The Bertz CT molecular complexity index is 1080. The molecule has 0 radical (unpaired) electrons. The zero-order valence-electron chi connectivity index (χ0n) is 15.7. The molecule has 0 bridgehead atoms. The molecule has 2 N–H and O–H groups in total. The van der Waals surface area contributed by atoms with E-state index in [-0.39, 0.29) is 10.8 Å². The van der Waals surface area contributed by atoms with E-state index in [1.165, 1.54) is 18.2 Å². The van der Waals surface area contributed by atoms with Gasteiger partial charge in [0.25, 0.3) is 0 Å². The maximum absolute atomic E-state index is 13.1. The fourth-order valence-corrected chi connectivity index (χ4v) is 2.92. The van der Waals surface area contributed by atoms with Gasteiger partial charge in [-0.2, -0.15) is 18.3 Å². The van der Waals surface area contributed by atoms with Crippen molar-refractivity contribution in [3.8, 4) is 5.75 Å². The lowest BCUT2D eigenvalue weighted by Gasteiger charge is -2.14. The van der Waals surface area contributed by atoms with Gasteiger partial charge in [0.1, 0.15) is 5.75 Å². The molecule has 0 aliphatic carbocycles. The van der Waals surface area contributed by atoms with Crippen LogP contribution in [-0.2, 0) is 6.18 Å². The van der Waals surface area contributed by atoms with Gasteiger partial charge in [0.15, 0.2) is 5.11 Å². The molecule has 0 aromatic heterocycles. The Balaban J connectivity index is 1.73. The number of thiocarbonyl (C=S) groups is 1. The summed E-state index contributed by atoms with van der Waals surface area (Å²) in [5.74, 6) is 0.771. The number of hydrogen-bond donors (Lipinski definition) is 2. The Hall–Kier alpha value is -3.13. The van der Waals surface area contributed by atoms with Gasteiger partial charge in [-0.05, 0) is 65.8 Å². The molecule has 0 aliphatic rings. The van der Waals surface area contributed by atoms with Gasteiger partial charge in [-0.1, -0.05) is 30.3 Å². The lowest BCUT2D eigenvalue weighted by Crippen LogP contribution is -2.26. The molecule has 0 saturated carbocycles. The first-order valence-corrected chi connectivity index (χ1v) is 9.04. The summed E-state index contributed by atoms with van der Waals surface area (Å²) < 4.78 is 44.4. The maximum atomic E-state index is 13.1. The van der Waals surface area contributed by atoms with Crippen LogP contribution < -0.4 is 15.5 Å². The fraction of sp³-hybridized carbons (Fsp3) is 0.143. The van der Waals surface area contributed by atoms with Crippen molar-refractivity contribution < 1.29 is 17.9 Å². The van der Waals surface area contributed by atoms with Crippen molar-refractivity contribution in [2.75, 3.05) is 12.4 Å². The second-order valence-corrected chi connectivity index (χ2v) is 6.64. The normalized spacial score (nSPS) is 12.0. The zero-order valence-corrected chi connectivity index (χ0v) is 16.5. The van der Waals surface area contributed by atoms with Crippen molar-refractivity contribution in [1.29, 1.82) is 0 Å². The minimum Gasteiger partial charge on any atom is -0.497 e. The summed E-state index contributed by atoms with van der Waals surface area (Å²) in [4.78, 5) is 0. The van der Waals surface area contributed by atoms with Crippen LogP contribution >= 0.6 is 12.2 Å². The molecule has 0 spiro atoms. The number of alkyl halides is 3. The Kier molecular flexibility index (Phi) is 6.03. The second kappa shape index (κ2) is 8.48. The number of hydrazone groups is 1. The highest BCUT2D eigenvalue weighted by Crippen LogP contribution is 2.34. The van der Waals surface area contributed by atoms with Gasteiger partial charge in [-0.15, -0.1) is 0 Å². The first-order valence-electron chi connectivity index (χ1n) is 8.63. The molecule has 0 heterocycles. The van der Waals surface area contributed by atoms with Crippen molar-refractivity contribution in [2.24, 2.45) is 5.10 Å². The predicted octanol–water partition coefficient (Wildman–Crippen LogP) is 5.58. The van der Waals surface area contributed by atoms with Crippen LogP contribution in [0.3, 0.4) is 0 Å². The summed E-state index contributed by atoms with van der Waals surface area (Å²) in [6, 6.07) is 16.7. The van der Waals surface area contributed by atoms with Gasteiger partial charge >= 0.3 is 6.18 Å². The highest BCUT2D eigenvalue weighted by molar-refractivity contribution is 7.80. The van der Waals surface area contributed by atoms with E-state index in [1.807, 2.05) is 36.4 Å². The predicted molar refractivity (Wildman–Crippen MR) is 114 cm³/mol. The molecule has 0 saturated heterocycles. The van der Waals surface area contributed by atoms with Crippen LogP contribution in [0.4, 0.5) is 18.9 Å². The van der Waals surface area contributed by atoms with Crippen LogP contribution in [0.1, 0.15) is 18.1 Å². The molecular formula is C21H18F3N3OS. The number of fused-ring (bicyclic) bond motifs is 1. The van der Waals surface area contributed by atoms with E-state index in [1.54, 1.807) is 14.0 Å². The fourth-order valence-electron chi connectivity index (χ4n) is 2.76. The van der Waals surface area contributed by atoms with Crippen LogP contribution in [0.15, 0.2) is 65.8 Å². The van der Waals surface area contributed by atoms with Gasteiger partial charge in [-0.3, -0.25) is 5.43 Å². The Morgan fingerprint density at radius 2 is 1.69 bits per heavy atom. The highest BCUT2D eigenvalue weighted by Gasteiger charge is 2.33. The van der Waals surface area contributed by atoms with E-state index in [4.69, 9.17) is 17.0 Å². The average molecular weight is 417 g/mol. The van der Waals surface area contributed by atoms with Crippen LogP contribution in [0.2, 0.25) is 0 Å². The molecule has 3 aromatic carbocycles. The van der Waals surface area contributed by atoms with Crippen molar-refractivity contribution in [1.82, 2.24) is 5.43 Å². The van der Waals surface area contributed by atoms with E-state index in [2.05, 4.69) is 15.8 Å². The van der Waals surface area contributed by atoms with E-state index >= 15 is 0 Å². The van der Waals surface area contributed by atoms with Gasteiger partial charge < -0.3 is 10.1 Å². The van der Waals surface area contributed by atoms with Crippen molar-refractivity contribution in [2.45, 2.75) is 13.1 Å². The molecule has 0 aliphatic heterocycles. The van der Waals surface area contributed by atoms with Crippen molar-refractivity contribution in [3.63, 3.8) is 0 Å². The number of rotatable bonds is 4. The summed E-state index contributed by atoms with van der Waals surface area (Å²) in [6.07, 6.45) is -4.48. The topological polar surface area (TPSA) is 45.6 Å². The monoisotopic (exact) mass is 417 g/mol. The Morgan fingerprint density at radius 3 is 2.41 bits per heavy atom. The number of anilines is 1. The minimum absolute atomic E-state index is 0.0356. The summed E-state index contributed by atoms with van der Waals surface area (Å²) in [5, 5.41) is 8.72. The number of nitrogens with one attached hydrogen (secondary N) is 2. The molecule has 4 nitrogen and oxygen atoms in total. The third kappa shape index (κ3) is 5.03. The maximum Gasteiger partial charge on any atom is 0.418 e. The molecule has 0 amide bonds. The smallest absolute Gasteiger partial charge is 0.418 e. The number of halogens is 3. The zero-order chi connectivity index (χ0) is 21.0. The Labute approximate surface area is 171 Å². The van der Waals surface area contributed by atoms with E-state index in [0.29, 0.717) is 5.71 Å². The molecular weight excluding hydrogens is 399 g/mol. The number of ether oxygens (including phenoxy) is 1. The Morgan fingerprint density at radius 1 is 1.00 bits per heavy atom. The summed E-state index contributed by atoms with van der Waals surface area (Å²) >= 11 is 5.08. The second-order valence-electron chi connectivity index (χ2n) is 6.23. The SMILES string of the molecule is COc1ccc2cc(/C(C)=N\NC(=S)Nc3ccccc3C(F)(F)F)ccc2c1. The first kappa shape index (κ1) is 20.6. The van der Waals surface area contributed by atoms with Gasteiger partial charge in [-0.25, -0.2) is 0 Å². The number of methoxy groups -OCH3 is 1. The molecule has 0 atom stereocenters. The van der Waals surface area contributed by atoms with Crippen molar-refractivity contribution >= 4 is 39.5 Å². The lowest BCUT2D eigenvalue weighted by molar-refractivity contribution is -0.136. The third-order valence-corrected chi connectivity index (χ3v) is 4.46. The quantitative estimate of drug-likeness (QED) is 0.331. The van der Waals surface area contributed by atoms with Gasteiger partial charge in [0.05, 0.1) is 24.1 Å². The third-order valence-electron chi connectivity index (χ3n) is 4.27. The molecule has 3 aromatic rings. The van der Waals surface area contributed by atoms with Gasteiger partial charge in [0.2, 0.25) is 0 Å². The molecule has 29 heavy (non-hydrogen) atoms. The lowest BCUT2D eigenvalue weighted by atomic mass is 10.0. The van der Waals surface area contributed by atoms with E-state index in [9.17, 15) is 13.2 Å².